The van der Waals surface area contributed by atoms with Gasteiger partial charge in [-0.3, -0.25) is 4.79 Å². The van der Waals surface area contributed by atoms with E-state index in [0.717, 1.165) is 49.4 Å². The topological polar surface area (TPSA) is 41.6 Å². The Labute approximate surface area is 193 Å². The Morgan fingerprint density at radius 2 is 1.81 bits per heavy atom. The maximum atomic E-state index is 13.0. The number of hydrogen-bond donors (Lipinski definition) is 1. The number of hydrogen-bond acceptors (Lipinski definition) is 4. The van der Waals surface area contributed by atoms with Crippen LogP contribution in [0.4, 0.5) is 4.39 Å². The molecule has 0 unspecified atom stereocenters. The first-order valence-corrected chi connectivity index (χ1v) is 11.8. The highest BCUT2D eigenvalue weighted by molar-refractivity contribution is 7.97. The number of nitrogens with one attached hydrogen (secondary N) is 1. The van der Waals surface area contributed by atoms with Crippen LogP contribution < -0.4 is 10.1 Å². The van der Waals surface area contributed by atoms with Crippen molar-refractivity contribution in [3.05, 3.63) is 59.4 Å². The summed E-state index contributed by atoms with van der Waals surface area (Å²) >= 11 is 7.53. The maximum absolute atomic E-state index is 13.0. The zero-order chi connectivity index (χ0) is 22.3. The summed E-state index contributed by atoms with van der Waals surface area (Å²) in [5, 5.41) is 3.92. The molecular weight excluding hydrogens is 435 g/mol. The van der Waals surface area contributed by atoms with E-state index in [0.29, 0.717) is 11.6 Å². The summed E-state index contributed by atoms with van der Waals surface area (Å²) in [5.41, 5.74) is -0.441. The molecule has 168 valence electrons. The Kier molecular flexibility index (Phi) is 8.64. The monoisotopic (exact) mass is 464 g/mol. The van der Waals surface area contributed by atoms with E-state index < -0.39 is 5.41 Å². The summed E-state index contributed by atoms with van der Waals surface area (Å²) in [6.45, 7) is 6.33. The van der Waals surface area contributed by atoms with Gasteiger partial charge in [-0.1, -0.05) is 25.4 Å². The lowest BCUT2D eigenvalue weighted by Crippen LogP contribution is -2.47. The minimum atomic E-state index is -0.441. The van der Waals surface area contributed by atoms with E-state index >= 15 is 0 Å². The molecule has 0 aromatic heterocycles. The second kappa shape index (κ2) is 11.2. The van der Waals surface area contributed by atoms with Gasteiger partial charge in [-0.25, -0.2) is 8.70 Å². The highest BCUT2D eigenvalue weighted by Crippen LogP contribution is 2.28. The molecular formula is C24H30ClFN2O2S. The molecule has 1 heterocycles. The average molecular weight is 465 g/mol. The molecule has 1 N–H and O–H groups in total. The third-order valence-corrected chi connectivity index (χ3v) is 6.84. The molecule has 0 atom stereocenters. The molecule has 1 fully saturated rings. The van der Waals surface area contributed by atoms with Crippen molar-refractivity contribution in [3.63, 3.8) is 0 Å². The first-order valence-electron chi connectivity index (χ1n) is 10.7. The van der Waals surface area contributed by atoms with Crippen molar-refractivity contribution in [1.82, 2.24) is 9.62 Å². The van der Waals surface area contributed by atoms with E-state index in [-0.39, 0.29) is 17.8 Å². The molecule has 0 bridgehead atoms. The zero-order valence-electron chi connectivity index (χ0n) is 18.1. The first kappa shape index (κ1) is 23.9. The van der Waals surface area contributed by atoms with E-state index in [2.05, 4.69) is 9.62 Å². The van der Waals surface area contributed by atoms with Crippen molar-refractivity contribution < 1.29 is 13.9 Å². The van der Waals surface area contributed by atoms with Crippen molar-refractivity contribution in [2.45, 2.75) is 50.5 Å². The van der Waals surface area contributed by atoms with Gasteiger partial charge in [0.1, 0.15) is 11.6 Å². The van der Waals surface area contributed by atoms with Crippen molar-refractivity contribution in [1.29, 1.82) is 0 Å². The fourth-order valence-electron chi connectivity index (χ4n) is 3.47. The summed E-state index contributed by atoms with van der Waals surface area (Å²) < 4.78 is 21.1. The Hall–Kier alpha value is -1.76. The Bertz CT molecular complexity index is 838. The van der Waals surface area contributed by atoms with Crippen LogP contribution in [0.5, 0.6) is 5.75 Å². The quantitative estimate of drug-likeness (QED) is 0.367. The van der Waals surface area contributed by atoms with E-state index in [1.54, 1.807) is 36.2 Å². The maximum Gasteiger partial charge on any atom is 0.225 e. The molecule has 0 aliphatic carbocycles. The van der Waals surface area contributed by atoms with Crippen LogP contribution in [0.15, 0.2) is 53.4 Å². The van der Waals surface area contributed by atoms with Crippen LogP contribution in [-0.4, -0.2) is 36.0 Å². The van der Waals surface area contributed by atoms with E-state index in [4.69, 9.17) is 16.3 Å². The van der Waals surface area contributed by atoms with Crippen LogP contribution in [0.1, 0.15) is 39.5 Å². The van der Waals surface area contributed by atoms with Gasteiger partial charge in [0.15, 0.2) is 0 Å². The number of amides is 1. The van der Waals surface area contributed by atoms with Crippen molar-refractivity contribution >= 4 is 29.5 Å². The van der Waals surface area contributed by atoms with Crippen molar-refractivity contribution in [2.24, 2.45) is 5.41 Å². The van der Waals surface area contributed by atoms with Crippen LogP contribution in [-0.2, 0) is 4.79 Å². The number of rotatable bonds is 9. The van der Waals surface area contributed by atoms with Crippen molar-refractivity contribution in [3.8, 4) is 5.75 Å². The van der Waals surface area contributed by atoms with Crippen LogP contribution in [0.25, 0.3) is 0 Å². The Morgan fingerprint density at radius 3 is 2.45 bits per heavy atom. The van der Waals surface area contributed by atoms with Crippen LogP contribution in [0.2, 0.25) is 5.02 Å². The Morgan fingerprint density at radius 1 is 1.16 bits per heavy atom. The van der Waals surface area contributed by atoms with Gasteiger partial charge in [-0.05, 0) is 86.2 Å². The van der Waals surface area contributed by atoms with Gasteiger partial charge >= 0.3 is 0 Å². The lowest BCUT2D eigenvalue weighted by Gasteiger charge is -2.33. The zero-order valence-corrected chi connectivity index (χ0v) is 19.6. The molecule has 1 amide bonds. The molecule has 0 spiro atoms. The fourth-order valence-corrected chi connectivity index (χ4v) is 4.54. The fraction of sp³-hybridized carbons (Fsp3) is 0.458. The third kappa shape index (κ3) is 7.70. The van der Waals surface area contributed by atoms with Crippen LogP contribution in [0.3, 0.4) is 0 Å². The van der Waals surface area contributed by atoms with E-state index in [1.807, 2.05) is 26.0 Å². The van der Waals surface area contributed by atoms with Gasteiger partial charge < -0.3 is 10.1 Å². The number of piperidine rings is 1. The number of ether oxygens (including phenoxy) is 1. The van der Waals surface area contributed by atoms with Gasteiger partial charge in [0.2, 0.25) is 5.91 Å². The van der Waals surface area contributed by atoms with Gasteiger partial charge in [-0.15, -0.1) is 0 Å². The minimum Gasteiger partial charge on any atom is -0.494 e. The molecule has 1 aliphatic rings. The number of carbonyl (C=O) groups is 1. The third-order valence-electron chi connectivity index (χ3n) is 5.48. The molecule has 3 rings (SSSR count). The highest BCUT2D eigenvalue weighted by Gasteiger charge is 2.30. The van der Waals surface area contributed by atoms with Crippen LogP contribution in [0, 0.1) is 11.2 Å². The Balaban J connectivity index is 1.35. The summed E-state index contributed by atoms with van der Waals surface area (Å²) in [6.07, 6.45) is 3.38. The molecule has 4 nitrogen and oxygen atoms in total. The lowest BCUT2D eigenvalue weighted by molar-refractivity contribution is -0.130. The minimum absolute atomic E-state index is 0.101. The summed E-state index contributed by atoms with van der Waals surface area (Å²) in [4.78, 5) is 13.9. The van der Waals surface area contributed by atoms with Gasteiger partial charge in [0.05, 0.1) is 6.61 Å². The predicted octanol–water partition coefficient (Wildman–Crippen LogP) is 5.95. The van der Waals surface area contributed by atoms with E-state index in [1.165, 1.54) is 12.1 Å². The SMILES string of the molecule is CC(C)(CCCOc1ccc(Cl)cc1)C(=O)NC1CCN(Sc2ccc(F)cc2)CC1. The highest BCUT2D eigenvalue weighted by atomic mass is 35.5. The second-order valence-electron chi connectivity index (χ2n) is 8.51. The lowest BCUT2D eigenvalue weighted by atomic mass is 9.86. The molecule has 2 aromatic rings. The molecule has 31 heavy (non-hydrogen) atoms. The average Bonchev–Trinajstić information content (AvgIpc) is 2.75. The standard InChI is InChI=1S/C24H30ClFN2O2S/c1-24(2,14-3-17-30-21-8-4-18(25)5-9-21)23(29)27-20-12-15-28(16-13-20)31-22-10-6-19(26)7-11-22/h4-11,20H,3,12-17H2,1-2H3,(H,27,29). The summed E-state index contributed by atoms with van der Waals surface area (Å²) in [7, 11) is 0. The molecule has 1 saturated heterocycles. The number of nitrogens with zero attached hydrogens (tertiary/aromatic N) is 1. The van der Waals surface area contributed by atoms with Crippen molar-refractivity contribution in [2.75, 3.05) is 19.7 Å². The molecule has 0 radical (unpaired) electrons. The molecule has 7 heteroatoms. The second-order valence-corrected chi connectivity index (χ2v) is 10.1. The molecule has 0 saturated carbocycles. The summed E-state index contributed by atoms with van der Waals surface area (Å²) in [5.74, 6) is 0.672. The number of benzene rings is 2. The normalized spacial score (nSPS) is 15.6. The van der Waals surface area contributed by atoms with Gasteiger partial charge in [-0.2, -0.15) is 0 Å². The van der Waals surface area contributed by atoms with Gasteiger partial charge in [0.25, 0.3) is 0 Å². The number of carbonyl (C=O) groups excluding carboxylic acids is 1. The van der Waals surface area contributed by atoms with E-state index in [9.17, 15) is 9.18 Å². The molecule has 1 aliphatic heterocycles. The molecule has 2 aromatic carbocycles. The largest absolute Gasteiger partial charge is 0.494 e. The van der Waals surface area contributed by atoms with Gasteiger partial charge in [0, 0.05) is 34.5 Å². The first-order chi connectivity index (χ1) is 14.8. The predicted molar refractivity (Wildman–Crippen MR) is 125 cm³/mol. The smallest absolute Gasteiger partial charge is 0.225 e. The van der Waals surface area contributed by atoms with Crippen LogP contribution >= 0.6 is 23.5 Å². The number of halogens is 2. The summed E-state index contributed by atoms with van der Waals surface area (Å²) in [6, 6.07) is 14.1.